The van der Waals surface area contributed by atoms with Gasteiger partial charge >= 0.3 is 0 Å². The van der Waals surface area contributed by atoms with Crippen molar-refractivity contribution in [2.45, 2.75) is 50.7 Å². The number of sulfonamides is 1. The first kappa shape index (κ1) is 30.5. The van der Waals surface area contributed by atoms with Crippen LogP contribution in [0.25, 0.3) is 0 Å². The van der Waals surface area contributed by atoms with Gasteiger partial charge in [-0.15, -0.1) is 0 Å². The average molecular weight is 568 g/mol. The highest BCUT2D eigenvalue weighted by molar-refractivity contribution is 7.92. The number of ether oxygens (including phenoxy) is 2. The lowest BCUT2D eigenvalue weighted by molar-refractivity contribution is -0.140. The number of nitrogens with zero attached hydrogens (tertiary/aromatic N) is 2. The molecule has 0 aliphatic rings. The molecule has 40 heavy (non-hydrogen) atoms. The summed E-state index contributed by atoms with van der Waals surface area (Å²) in [5.74, 6) is -0.267. The summed E-state index contributed by atoms with van der Waals surface area (Å²) in [4.78, 5) is 28.4. The van der Waals surface area contributed by atoms with E-state index in [1.54, 1.807) is 37.3 Å². The van der Waals surface area contributed by atoms with Gasteiger partial charge < -0.3 is 19.7 Å². The van der Waals surface area contributed by atoms with Crippen LogP contribution in [0, 0.1) is 0 Å². The topological polar surface area (TPSA) is 105 Å². The standard InChI is InChI=1S/C30H37N3O6S/c1-22(29(35)31-30(2,3)4)32(20-23-13-9-7-10-14-23)28(34)21-33(24-15-11-8-12-16-24)40(36,37)25-17-18-26(38-5)27(19-25)39-6/h7-19,22H,20-21H2,1-6H3,(H,31,35)/t22-/m0/s1. The number of carbonyl (C=O) groups excluding carboxylic acids is 2. The van der Waals surface area contributed by atoms with Gasteiger partial charge in [-0.1, -0.05) is 48.5 Å². The Morgan fingerprint density at radius 1 is 0.875 bits per heavy atom. The van der Waals surface area contributed by atoms with Gasteiger partial charge in [-0.05, 0) is 57.5 Å². The van der Waals surface area contributed by atoms with Gasteiger partial charge in [0.2, 0.25) is 11.8 Å². The van der Waals surface area contributed by atoms with Crippen LogP contribution in [0.3, 0.4) is 0 Å². The van der Waals surface area contributed by atoms with E-state index in [1.807, 2.05) is 51.1 Å². The maximum absolute atomic E-state index is 14.0. The fraction of sp³-hybridized carbons (Fsp3) is 0.333. The Hall–Kier alpha value is -4.05. The highest BCUT2D eigenvalue weighted by Crippen LogP contribution is 2.32. The van der Waals surface area contributed by atoms with E-state index in [0.717, 1.165) is 9.87 Å². The average Bonchev–Trinajstić information content (AvgIpc) is 2.93. The first-order valence-electron chi connectivity index (χ1n) is 12.8. The lowest BCUT2D eigenvalue weighted by atomic mass is 10.1. The normalized spacial score (nSPS) is 12.2. The number of para-hydroxylation sites is 1. The zero-order valence-electron chi connectivity index (χ0n) is 23.7. The van der Waals surface area contributed by atoms with Crippen molar-refractivity contribution < 1.29 is 27.5 Å². The summed E-state index contributed by atoms with van der Waals surface area (Å²) in [6, 6.07) is 21.0. The van der Waals surface area contributed by atoms with Crippen molar-refractivity contribution in [3.63, 3.8) is 0 Å². The van der Waals surface area contributed by atoms with Crippen LogP contribution >= 0.6 is 0 Å². The fourth-order valence-corrected chi connectivity index (χ4v) is 5.49. The lowest BCUT2D eigenvalue weighted by Gasteiger charge is -2.33. The Morgan fingerprint density at radius 3 is 2.00 bits per heavy atom. The number of benzene rings is 3. The van der Waals surface area contributed by atoms with Gasteiger partial charge in [-0.25, -0.2) is 8.42 Å². The molecule has 3 aromatic rings. The van der Waals surface area contributed by atoms with Crippen LogP contribution in [0.1, 0.15) is 33.3 Å². The summed E-state index contributed by atoms with van der Waals surface area (Å²) in [5.41, 5.74) is 0.594. The Balaban J connectivity index is 2.04. The molecule has 214 valence electrons. The van der Waals surface area contributed by atoms with Crippen LogP contribution in [-0.2, 0) is 26.2 Å². The number of nitrogens with one attached hydrogen (secondary N) is 1. The van der Waals surface area contributed by atoms with E-state index in [-0.39, 0.29) is 23.1 Å². The monoisotopic (exact) mass is 567 g/mol. The van der Waals surface area contributed by atoms with E-state index in [0.29, 0.717) is 11.4 Å². The van der Waals surface area contributed by atoms with Crippen LogP contribution in [0.5, 0.6) is 11.5 Å². The van der Waals surface area contributed by atoms with Crippen LogP contribution in [0.4, 0.5) is 5.69 Å². The van der Waals surface area contributed by atoms with Crippen LogP contribution in [0.2, 0.25) is 0 Å². The predicted molar refractivity (Wildman–Crippen MR) is 155 cm³/mol. The molecule has 2 amide bonds. The summed E-state index contributed by atoms with van der Waals surface area (Å²) in [6.07, 6.45) is 0. The SMILES string of the molecule is COc1ccc(S(=O)(=O)N(CC(=O)N(Cc2ccccc2)[C@@H](C)C(=O)NC(C)(C)C)c2ccccc2)cc1OC. The Kier molecular flexibility index (Phi) is 9.81. The summed E-state index contributed by atoms with van der Waals surface area (Å²) in [5, 5.41) is 2.91. The molecule has 0 unspecified atom stereocenters. The Morgan fingerprint density at radius 2 is 1.45 bits per heavy atom. The summed E-state index contributed by atoms with van der Waals surface area (Å²) in [6.45, 7) is 6.80. The van der Waals surface area contributed by atoms with Crippen molar-refractivity contribution in [1.82, 2.24) is 10.2 Å². The molecule has 0 aliphatic heterocycles. The molecule has 0 aliphatic carbocycles. The number of anilines is 1. The van der Waals surface area contributed by atoms with E-state index in [9.17, 15) is 18.0 Å². The molecule has 10 heteroatoms. The van der Waals surface area contributed by atoms with Gasteiger partial charge in [0.25, 0.3) is 10.0 Å². The van der Waals surface area contributed by atoms with Crippen molar-refractivity contribution in [3.05, 3.63) is 84.4 Å². The van der Waals surface area contributed by atoms with Crippen molar-refractivity contribution >= 4 is 27.5 Å². The highest BCUT2D eigenvalue weighted by Gasteiger charge is 2.33. The van der Waals surface area contributed by atoms with Crippen molar-refractivity contribution in [1.29, 1.82) is 0 Å². The second-order valence-corrected chi connectivity index (χ2v) is 12.1. The second kappa shape index (κ2) is 12.9. The van der Waals surface area contributed by atoms with Gasteiger partial charge in [0, 0.05) is 18.2 Å². The third-order valence-corrected chi connectivity index (χ3v) is 7.90. The molecule has 0 bridgehead atoms. The number of methoxy groups -OCH3 is 2. The van der Waals surface area contributed by atoms with Crippen molar-refractivity contribution in [3.8, 4) is 11.5 Å². The fourth-order valence-electron chi connectivity index (χ4n) is 4.06. The molecule has 3 aromatic carbocycles. The number of hydrogen-bond acceptors (Lipinski definition) is 6. The third kappa shape index (κ3) is 7.53. The quantitative estimate of drug-likeness (QED) is 0.372. The molecule has 0 fully saturated rings. The van der Waals surface area contributed by atoms with Crippen LogP contribution in [0.15, 0.2) is 83.8 Å². The molecule has 9 nitrogen and oxygen atoms in total. The minimum absolute atomic E-state index is 0.0741. The second-order valence-electron chi connectivity index (χ2n) is 10.3. The predicted octanol–water partition coefficient (Wildman–Crippen LogP) is 4.23. The minimum atomic E-state index is -4.24. The smallest absolute Gasteiger partial charge is 0.264 e. The van der Waals surface area contributed by atoms with Gasteiger partial charge in [0.15, 0.2) is 11.5 Å². The molecule has 0 saturated heterocycles. The zero-order valence-corrected chi connectivity index (χ0v) is 24.6. The van der Waals surface area contributed by atoms with E-state index in [2.05, 4.69) is 5.32 Å². The van der Waals surface area contributed by atoms with E-state index in [1.165, 1.54) is 37.3 Å². The molecule has 1 N–H and O–H groups in total. The summed E-state index contributed by atoms with van der Waals surface area (Å²) in [7, 11) is -1.37. The number of rotatable bonds is 11. The van der Waals surface area contributed by atoms with E-state index < -0.39 is 34.1 Å². The summed E-state index contributed by atoms with van der Waals surface area (Å²) < 4.78 is 39.6. The maximum Gasteiger partial charge on any atom is 0.264 e. The molecular weight excluding hydrogens is 530 g/mol. The zero-order chi connectivity index (χ0) is 29.5. The van der Waals surface area contributed by atoms with Gasteiger partial charge in [0.1, 0.15) is 12.6 Å². The molecule has 1 atom stereocenters. The van der Waals surface area contributed by atoms with Crippen LogP contribution < -0.4 is 19.1 Å². The van der Waals surface area contributed by atoms with Crippen molar-refractivity contribution in [2.24, 2.45) is 0 Å². The first-order chi connectivity index (χ1) is 18.9. The highest BCUT2D eigenvalue weighted by atomic mass is 32.2. The molecule has 3 rings (SSSR count). The van der Waals surface area contributed by atoms with Gasteiger partial charge in [0.05, 0.1) is 24.8 Å². The first-order valence-corrected chi connectivity index (χ1v) is 14.3. The van der Waals surface area contributed by atoms with Gasteiger partial charge in [-0.2, -0.15) is 0 Å². The minimum Gasteiger partial charge on any atom is -0.493 e. The Bertz CT molecular complexity index is 1410. The van der Waals surface area contributed by atoms with Crippen LogP contribution in [-0.4, -0.2) is 57.5 Å². The van der Waals surface area contributed by atoms with Crippen molar-refractivity contribution in [2.75, 3.05) is 25.1 Å². The molecule has 0 radical (unpaired) electrons. The Labute approximate surface area is 236 Å². The molecule has 0 heterocycles. The third-order valence-electron chi connectivity index (χ3n) is 6.13. The van der Waals surface area contributed by atoms with Gasteiger partial charge in [-0.3, -0.25) is 13.9 Å². The molecule has 0 saturated carbocycles. The molecular formula is C30H37N3O6S. The lowest BCUT2D eigenvalue weighted by Crippen LogP contribution is -2.54. The van der Waals surface area contributed by atoms with E-state index >= 15 is 0 Å². The summed E-state index contributed by atoms with van der Waals surface area (Å²) >= 11 is 0. The number of hydrogen-bond donors (Lipinski definition) is 1. The largest absolute Gasteiger partial charge is 0.493 e. The maximum atomic E-state index is 14.0. The molecule has 0 spiro atoms. The molecule has 0 aromatic heterocycles. The van der Waals surface area contributed by atoms with E-state index in [4.69, 9.17) is 9.47 Å². The number of amides is 2. The number of carbonyl (C=O) groups is 2.